The number of ether oxygens (including phenoxy) is 1. The van der Waals surface area contributed by atoms with Crippen molar-refractivity contribution in [1.29, 1.82) is 0 Å². The SMILES string of the molecule is COC(=O)[C@@H]1NC(c2cccc(C(F)(F)F)c2)(c2cccc(C(F)(F)F)c2)[C@H]2C(=O)N(c3ccccc3)C(=O)[C@H]12. The zero-order valence-electron chi connectivity index (χ0n) is 20.6. The van der Waals surface area contributed by atoms with E-state index in [9.17, 15) is 40.7 Å². The van der Waals surface area contributed by atoms with Gasteiger partial charge in [-0.25, -0.2) is 4.90 Å². The smallest absolute Gasteiger partial charge is 0.416 e. The van der Waals surface area contributed by atoms with E-state index in [1.54, 1.807) is 18.2 Å². The van der Waals surface area contributed by atoms with Crippen molar-refractivity contribution < 1.29 is 45.5 Å². The van der Waals surface area contributed by atoms with Gasteiger partial charge < -0.3 is 4.74 Å². The van der Waals surface area contributed by atoms with Crippen molar-refractivity contribution >= 4 is 23.5 Å². The Morgan fingerprint density at radius 1 is 0.800 bits per heavy atom. The molecule has 0 aromatic heterocycles. The molecule has 40 heavy (non-hydrogen) atoms. The van der Waals surface area contributed by atoms with Crippen LogP contribution in [0.15, 0.2) is 78.9 Å². The molecule has 1 N–H and O–H groups in total. The van der Waals surface area contributed by atoms with Gasteiger partial charge in [0.2, 0.25) is 11.8 Å². The van der Waals surface area contributed by atoms with Gasteiger partial charge in [-0.05, 0) is 47.5 Å². The average molecular weight is 562 g/mol. The summed E-state index contributed by atoms with van der Waals surface area (Å²) in [5.74, 6) is -5.84. The molecule has 2 aliphatic heterocycles. The molecule has 0 spiro atoms. The van der Waals surface area contributed by atoms with E-state index in [1.165, 1.54) is 24.3 Å². The summed E-state index contributed by atoms with van der Waals surface area (Å²) in [4.78, 5) is 41.5. The van der Waals surface area contributed by atoms with Crippen molar-refractivity contribution in [2.75, 3.05) is 12.0 Å². The average Bonchev–Trinajstić information content (AvgIpc) is 3.42. The van der Waals surface area contributed by atoms with Gasteiger partial charge in [0.25, 0.3) is 0 Å². The number of carbonyl (C=O) groups is 3. The van der Waals surface area contributed by atoms with Crippen LogP contribution in [0, 0.1) is 11.8 Å². The first-order valence-corrected chi connectivity index (χ1v) is 11.9. The van der Waals surface area contributed by atoms with Gasteiger partial charge in [-0.15, -0.1) is 0 Å². The quantitative estimate of drug-likeness (QED) is 0.278. The van der Waals surface area contributed by atoms with E-state index in [1.807, 2.05) is 0 Å². The Morgan fingerprint density at radius 2 is 1.32 bits per heavy atom. The highest BCUT2D eigenvalue weighted by molar-refractivity contribution is 6.24. The van der Waals surface area contributed by atoms with Gasteiger partial charge >= 0.3 is 18.3 Å². The Morgan fingerprint density at radius 3 is 1.80 bits per heavy atom. The van der Waals surface area contributed by atoms with Gasteiger partial charge in [0.05, 0.1) is 41.3 Å². The number of benzene rings is 3. The summed E-state index contributed by atoms with van der Waals surface area (Å²) in [6.07, 6.45) is -9.67. The highest BCUT2D eigenvalue weighted by Gasteiger charge is 2.68. The Kier molecular flexibility index (Phi) is 6.48. The van der Waals surface area contributed by atoms with Gasteiger partial charge in [0, 0.05) is 0 Å². The normalized spacial score (nSPS) is 22.4. The van der Waals surface area contributed by atoms with Crippen molar-refractivity contribution in [2.24, 2.45) is 11.8 Å². The summed E-state index contributed by atoms with van der Waals surface area (Å²) < 4.78 is 87.5. The predicted octanol–water partition coefficient (Wildman–Crippen LogP) is 4.92. The zero-order valence-corrected chi connectivity index (χ0v) is 20.6. The second-order valence-electron chi connectivity index (χ2n) is 9.46. The standard InChI is InChI=1S/C28H20F6N2O4/c1-40-25(39)22-20-21(24(38)36(23(20)37)19-11-3-2-4-12-19)26(35-22,15-7-5-9-17(13-15)27(29,30)31)16-8-6-10-18(14-16)28(32,33)34/h2-14,20-22,35H,1H3/t20-,21+,22+/m0/s1. The summed E-state index contributed by atoms with van der Waals surface area (Å²) in [6, 6.07) is 13.5. The number of methoxy groups -OCH3 is 1. The molecule has 2 saturated heterocycles. The molecular weight excluding hydrogens is 542 g/mol. The minimum absolute atomic E-state index is 0.137. The highest BCUT2D eigenvalue weighted by Crippen LogP contribution is 2.53. The van der Waals surface area contributed by atoms with Crippen LogP contribution in [0.3, 0.4) is 0 Å². The zero-order chi connectivity index (χ0) is 29.0. The first kappa shape index (κ1) is 27.4. The number of rotatable bonds is 4. The van der Waals surface area contributed by atoms with E-state index in [2.05, 4.69) is 5.32 Å². The van der Waals surface area contributed by atoms with Gasteiger partial charge in [0.1, 0.15) is 6.04 Å². The molecule has 3 atom stereocenters. The van der Waals surface area contributed by atoms with Crippen molar-refractivity contribution in [2.45, 2.75) is 23.9 Å². The monoisotopic (exact) mass is 562 g/mol. The molecule has 0 radical (unpaired) electrons. The Bertz CT molecular complexity index is 1430. The lowest BCUT2D eigenvalue weighted by atomic mass is 9.71. The van der Waals surface area contributed by atoms with E-state index < -0.39 is 64.7 Å². The van der Waals surface area contributed by atoms with E-state index >= 15 is 0 Å². The molecule has 0 aliphatic carbocycles. The molecule has 208 valence electrons. The van der Waals surface area contributed by atoms with Gasteiger partial charge in [-0.2, -0.15) is 26.3 Å². The topological polar surface area (TPSA) is 75.7 Å². The second kappa shape index (κ2) is 9.47. The van der Waals surface area contributed by atoms with Gasteiger partial charge in [-0.1, -0.05) is 42.5 Å². The highest BCUT2D eigenvalue weighted by atomic mass is 19.4. The molecule has 2 heterocycles. The summed E-state index contributed by atoms with van der Waals surface area (Å²) in [5.41, 5.74) is -4.78. The minimum atomic E-state index is -4.84. The van der Waals surface area contributed by atoms with Crippen LogP contribution in [0.4, 0.5) is 32.0 Å². The number of amides is 2. The number of fused-ring (bicyclic) bond motifs is 1. The number of halogens is 6. The number of nitrogens with one attached hydrogen (secondary N) is 1. The third kappa shape index (κ3) is 4.23. The minimum Gasteiger partial charge on any atom is -0.468 e. The van der Waals surface area contributed by atoms with Crippen LogP contribution in [-0.2, 0) is 37.0 Å². The number of nitrogens with zero attached hydrogens (tertiary/aromatic N) is 1. The summed E-state index contributed by atoms with van der Waals surface area (Å²) in [6.45, 7) is 0. The van der Waals surface area contributed by atoms with Crippen LogP contribution in [0.1, 0.15) is 22.3 Å². The molecule has 2 amide bonds. The molecule has 0 unspecified atom stereocenters. The molecule has 0 saturated carbocycles. The lowest BCUT2D eigenvalue weighted by Crippen LogP contribution is -2.52. The number of para-hydroxylation sites is 1. The summed E-state index contributed by atoms with van der Waals surface area (Å²) in [7, 11) is 1.02. The third-order valence-electron chi connectivity index (χ3n) is 7.32. The van der Waals surface area contributed by atoms with Crippen LogP contribution in [0.25, 0.3) is 0 Å². The Labute approximate surface area is 223 Å². The number of anilines is 1. The van der Waals surface area contributed by atoms with E-state index in [4.69, 9.17) is 4.74 Å². The first-order valence-electron chi connectivity index (χ1n) is 11.9. The second-order valence-corrected chi connectivity index (χ2v) is 9.46. The molecule has 3 aromatic carbocycles. The maximum absolute atomic E-state index is 14.0. The molecule has 12 heteroatoms. The van der Waals surface area contributed by atoms with Gasteiger partial charge in [-0.3, -0.25) is 19.7 Å². The molecule has 2 aliphatic rings. The van der Waals surface area contributed by atoms with Crippen LogP contribution in [0.5, 0.6) is 0 Å². The fraction of sp³-hybridized carbons (Fsp3) is 0.250. The number of carbonyl (C=O) groups excluding carboxylic acids is 3. The van der Waals surface area contributed by atoms with Crippen molar-refractivity contribution in [3.8, 4) is 0 Å². The maximum Gasteiger partial charge on any atom is 0.416 e. The first-order chi connectivity index (χ1) is 18.8. The Balaban J connectivity index is 1.82. The fourth-order valence-electron chi connectivity index (χ4n) is 5.65. The number of hydrogen-bond acceptors (Lipinski definition) is 5. The molecule has 5 rings (SSSR count). The van der Waals surface area contributed by atoms with Crippen molar-refractivity contribution in [3.63, 3.8) is 0 Å². The number of esters is 1. The number of imide groups is 1. The molecule has 3 aromatic rings. The lowest BCUT2D eigenvalue weighted by Gasteiger charge is -2.37. The van der Waals surface area contributed by atoms with E-state index in [-0.39, 0.29) is 16.8 Å². The lowest BCUT2D eigenvalue weighted by molar-refractivity contribution is -0.145. The summed E-state index contributed by atoms with van der Waals surface area (Å²) in [5, 5.41) is 2.80. The van der Waals surface area contributed by atoms with Crippen LogP contribution in [-0.4, -0.2) is 30.9 Å². The number of alkyl halides is 6. The van der Waals surface area contributed by atoms with E-state index in [0.29, 0.717) is 12.1 Å². The maximum atomic E-state index is 14.0. The van der Waals surface area contributed by atoms with Crippen LogP contribution >= 0.6 is 0 Å². The molecule has 0 bridgehead atoms. The number of hydrogen-bond donors (Lipinski definition) is 1. The van der Waals surface area contributed by atoms with Crippen LogP contribution in [0.2, 0.25) is 0 Å². The molecule has 2 fully saturated rings. The van der Waals surface area contributed by atoms with Crippen LogP contribution < -0.4 is 10.2 Å². The fourth-order valence-corrected chi connectivity index (χ4v) is 5.65. The third-order valence-corrected chi connectivity index (χ3v) is 7.32. The largest absolute Gasteiger partial charge is 0.468 e. The van der Waals surface area contributed by atoms with E-state index in [0.717, 1.165) is 36.3 Å². The predicted molar refractivity (Wildman–Crippen MR) is 129 cm³/mol. The molecular formula is C28H20F6N2O4. The van der Waals surface area contributed by atoms with Crippen molar-refractivity contribution in [3.05, 3.63) is 101 Å². The Hall–Kier alpha value is -4.19. The van der Waals surface area contributed by atoms with Gasteiger partial charge in [0.15, 0.2) is 0 Å². The molecule has 6 nitrogen and oxygen atoms in total. The van der Waals surface area contributed by atoms with Crippen molar-refractivity contribution in [1.82, 2.24) is 5.32 Å². The summed E-state index contributed by atoms with van der Waals surface area (Å²) >= 11 is 0.